The first kappa shape index (κ1) is 14.6. The van der Waals surface area contributed by atoms with Gasteiger partial charge < -0.3 is 4.90 Å². The number of ketones is 1. The van der Waals surface area contributed by atoms with E-state index < -0.39 is 0 Å². The smallest absolute Gasteiger partial charge is 0.162 e. The molecule has 106 valence electrons. The van der Waals surface area contributed by atoms with Gasteiger partial charge in [-0.05, 0) is 34.9 Å². The molecule has 2 heteroatoms. The highest BCUT2D eigenvalue weighted by Crippen LogP contribution is 2.30. The average Bonchev–Trinajstić information content (AvgIpc) is 2.46. The molecular formula is C18H23NO. The molecule has 0 saturated heterocycles. The lowest BCUT2D eigenvalue weighted by molar-refractivity contribution is 0.0988. The van der Waals surface area contributed by atoms with Crippen LogP contribution in [0.2, 0.25) is 0 Å². The first-order chi connectivity index (χ1) is 9.58. The van der Waals surface area contributed by atoms with E-state index in [2.05, 4.69) is 44.1 Å². The predicted molar refractivity (Wildman–Crippen MR) is 86.9 cm³/mol. The highest BCUT2D eigenvalue weighted by atomic mass is 16.1. The van der Waals surface area contributed by atoms with Gasteiger partial charge in [-0.1, -0.05) is 38.5 Å². The standard InChI is InChI=1S/C18H23NO/c1-5-7-16-15-10-8-14(18(20)6-2)12-13(15)9-11-17(16)19(3)4/h8-12H,5-7H2,1-4H3. The Labute approximate surface area is 121 Å². The van der Waals surface area contributed by atoms with Crippen molar-refractivity contribution in [1.82, 2.24) is 0 Å². The molecule has 0 heterocycles. The van der Waals surface area contributed by atoms with Gasteiger partial charge in [-0.25, -0.2) is 0 Å². The third-order valence-corrected chi connectivity index (χ3v) is 3.73. The number of hydrogen-bond acceptors (Lipinski definition) is 2. The molecule has 2 aromatic rings. The van der Waals surface area contributed by atoms with Gasteiger partial charge in [0.25, 0.3) is 0 Å². The van der Waals surface area contributed by atoms with Crippen LogP contribution in [-0.2, 0) is 6.42 Å². The number of nitrogens with zero attached hydrogens (tertiary/aromatic N) is 1. The molecule has 0 aliphatic carbocycles. The number of anilines is 1. The summed E-state index contributed by atoms with van der Waals surface area (Å²) in [6.45, 7) is 4.11. The Balaban J connectivity index is 2.63. The lowest BCUT2D eigenvalue weighted by Crippen LogP contribution is -2.11. The van der Waals surface area contributed by atoms with Gasteiger partial charge in [0, 0.05) is 31.8 Å². The van der Waals surface area contributed by atoms with Crippen molar-refractivity contribution in [2.75, 3.05) is 19.0 Å². The number of carbonyl (C=O) groups excluding carboxylic acids is 1. The number of rotatable bonds is 5. The van der Waals surface area contributed by atoms with Crippen molar-refractivity contribution in [3.63, 3.8) is 0 Å². The van der Waals surface area contributed by atoms with Crippen molar-refractivity contribution in [2.24, 2.45) is 0 Å². The van der Waals surface area contributed by atoms with E-state index >= 15 is 0 Å². The first-order valence-electron chi connectivity index (χ1n) is 7.34. The van der Waals surface area contributed by atoms with E-state index in [9.17, 15) is 4.79 Å². The topological polar surface area (TPSA) is 20.3 Å². The number of hydrogen-bond donors (Lipinski definition) is 0. The summed E-state index contributed by atoms with van der Waals surface area (Å²) in [7, 11) is 4.16. The number of carbonyl (C=O) groups is 1. The van der Waals surface area contributed by atoms with Crippen LogP contribution in [0.1, 0.15) is 42.6 Å². The highest BCUT2D eigenvalue weighted by molar-refractivity contribution is 6.01. The van der Waals surface area contributed by atoms with Crippen molar-refractivity contribution in [2.45, 2.75) is 33.1 Å². The molecule has 0 bridgehead atoms. The molecule has 0 amide bonds. The zero-order chi connectivity index (χ0) is 14.7. The third-order valence-electron chi connectivity index (χ3n) is 3.73. The summed E-state index contributed by atoms with van der Waals surface area (Å²) >= 11 is 0. The Morgan fingerprint density at radius 3 is 2.45 bits per heavy atom. The minimum atomic E-state index is 0.209. The maximum absolute atomic E-state index is 11.8. The number of Topliss-reactive ketones (excluding diaryl/α,β-unsaturated/α-hetero) is 1. The third kappa shape index (κ3) is 2.69. The predicted octanol–water partition coefficient (Wildman–Crippen LogP) is 4.45. The molecule has 0 radical (unpaired) electrons. The van der Waals surface area contributed by atoms with Crippen LogP contribution in [0.25, 0.3) is 10.8 Å². The second-order valence-corrected chi connectivity index (χ2v) is 5.42. The van der Waals surface area contributed by atoms with Crippen LogP contribution >= 0.6 is 0 Å². The van der Waals surface area contributed by atoms with Crippen molar-refractivity contribution in [3.8, 4) is 0 Å². The van der Waals surface area contributed by atoms with E-state index in [1.54, 1.807) is 0 Å². The lowest BCUT2D eigenvalue weighted by Gasteiger charge is -2.19. The summed E-state index contributed by atoms with van der Waals surface area (Å²) in [5.74, 6) is 0.209. The zero-order valence-electron chi connectivity index (χ0n) is 12.9. The number of fused-ring (bicyclic) bond motifs is 1. The lowest BCUT2D eigenvalue weighted by atomic mass is 9.96. The molecule has 0 saturated carbocycles. The Morgan fingerprint density at radius 2 is 1.85 bits per heavy atom. The van der Waals surface area contributed by atoms with Crippen LogP contribution in [0.5, 0.6) is 0 Å². The van der Waals surface area contributed by atoms with Crippen LogP contribution in [0.4, 0.5) is 5.69 Å². The summed E-state index contributed by atoms with van der Waals surface area (Å²) in [5.41, 5.74) is 3.47. The quantitative estimate of drug-likeness (QED) is 0.747. The van der Waals surface area contributed by atoms with Crippen molar-refractivity contribution in [3.05, 3.63) is 41.5 Å². The summed E-state index contributed by atoms with van der Waals surface area (Å²) in [6.07, 6.45) is 2.74. The minimum absolute atomic E-state index is 0.209. The molecule has 0 fully saturated rings. The molecular weight excluding hydrogens is 246 g/mol. The normalized spacial score (nSPS) is 10.8. The number of aryl methyl sites for hydroxylation is 1. The van der Waals surface area contributed by atoms with E-state index in [-0.39, 0.29) is 5.78 Å². The van der Waals surface area contributed by atoms with Gasteiger partial charge in [0.05, 0.1) is 0 Å². The van der Waals surface area contributed by atoms with Crippen LogP contribution < -0.4 is 4.90 Å². The maximum Gasteiger partial charge on any atom is 0.162 e. The second-order valence-electron chi connectivity index (χ2n) is 5.42. The molecule has 0 N–H and O–H groups in total. The van der Waals surface area contributed by atoms with Gasteiger partial charge in [0.1, 0.15) is 0 Å². The van der Waals surface area contributed by atoms with Crippen molar-refractivity contribution in [1.29, 1.82) is 0 Å². The van der Waals surface area contributed by atoms with E-state index in [1.807, 2.05) is 19.1 Å². The van der Waals surface area contributed by atoms with E-state index in [4.69, 9.17) is 0 Å². The Morgan fingerprint density at radius 1 is 1.10 bits per heavy atom. The summed E-state index contributed by atoms with van der Waals surface area (Å²) in [4.78, 5) is 14.0. The molecule has 0 spiro atoms. The average molecular weight is 269 g/mol. The zero-order valence-corrected chi connectivity index (χ0v) is 12.9. The van der Waals surface area contributed by atoms with Gasteiger partial charge in [-0.15, -0.1) is 0 Å². The molecule has 0 unspecified atom stereocenters. The molecule has 20 heavy (non-hydrogen) atoms. The van der Waals surface area contributed by atoms with Crippen LogP contribution in [0, 0.1) is 0 Å². The molecule has 2 aromatic carbocycles. The molecule has 2 nitrogen and oxygen atoms in total. The van der Waals surface area contributed by atoms with Gasteiger partial charge in [0.2, 0.25) is 0 Å². The van der Waals surface area contributed by atoms with Gasteiger partial charge >= 0.3 is 0 Å². The van der Waals surface area contributed by atoms with E-state index in [0.29, 0.717) is 6.42 Å². The highest BCUT2D eigenvalue weighted by Gasteiger charge is 2.10. The maximum atomic E-state index is 11.8. The molecule has 2 rings (SSSR count). The summed E-state index contributed by atoms with van der Waals surface area (Å²) in [6, 6.07) is 10.4. The monoisotopic (exact) mass is 269 g/mol. The largest absolute Gasteiger partial charge is 0.377 e. The van der Waals surface area contributed by atoms with E-state index in [0.717, 1.165) is 18.4 Å². The molecule has 0 aromatic heterocycles. The Kier molecular flexibility index (Phi) is 4.43. The van der Waals surface area contributed by atoms with Crippen LogP contribution in [-0.4, -0.2) is 19.9 Å². The van der Waals surface area contributed by atoms with E-state index in [1.165, 1.54) is 22.0 Å². The second kappa shape index (κ2) is 6.08. The number of benzene rings is 2. The van der Waals surface area contributed by atoms with Crippen LogP contribution in [0.15, 0.2) is 30.3 Å². The summed E-state index contributed by atoms with van der Waals surface area (Å²) < 4.78 is 0. The van der Waals surface area contributed by atoms with Gasteiger partial charge in [0.15, 0.2) is 5.78 Å². The van der Waals surface area contributed by atoms with Crippen molar-refractivity contribution >= 4 is 22.2 Å². The SMILES string of the molecule is CCCc1c(N(C)C)ccc2cc(C(=O)CC)ccc12. The Bertz CT molecular complexity index is 629. The van der Waals surface area contributed by atoms with Crippen molar-refractivity contribution < 1.29 is 4.79 Å². The first-order valence-corrected chi connectivity index (χ1v) is 7.34. The van der Waals surface area contributed by atoms with Gasteiger partial charge in [-0.3, -0.25) is 4.79 Å². The fraction of sp³-hybridized carbons (Fsp3) is 0.389. The fourth-order valence-corrected chi connectivity index (χ4v) is 2.69. The summed E-state index contributed by atoms with van der Waals surface area (Å²) in [5, 5.41) is 2.43. The fourth-order valence-electron chi connectivity index (χ4n) is 2.69. The molecule has 0 aliphatic rings. The Hall–Kier alpha value is -1.83. The molecule has 0 aliphatic heterocycles. The molecule has 0 atom stereocenters. The minimum Gasteiger partial charge on any atom is -0.377 e. The van der Waals surface area contributed by atoms with Gasteiger partial charge in [-0.2, -0.15) is 0 Å². The van der Waals surface area contributed by atoms with Crippen LogP contribution in [0.3, 0.4) is 0 Å².